The van der Waals surface area contributed by atoms with Gasteiger partial charge >= 0.3 is 5.97 Å². The fourth-order valence-corrected chi connectivity index (χ4v) is 0.775. The lowest BCUT2D eigenvalue weighted by Gasteiger charge is -1.94. The quantitative estimate of drug-likeness (QED) is 0.646. The van der Waals surface area contributed by atoms with Crippen LogP contribution in [0.5, 0.6) is 0 Å². The Kier molecular flexibility index (Phi) is 3.03. The van der Waals surface area contributed by atoms with Crippen LogP contribution < -0.4 is 0 Å². The summed E-state index contributed by atoms with van der Waals surface area (Å²) in [6.45, 7) is 1.99. The summed E-state index contributed by atoms with van der Waals surface area (Å²) < 4.78 is 9.37. The van der Waals surface area contributed by atoms with Crippen molar-refractivity contribution in [1.29, 1.82) is 5.26 Å². The zero-order valence-corrected chi connectivity index (χ0v) is 7.11. The van der Waals surface area contributed by atoms with Crippen LogP contribution in [0.25, 0.3) is 0 Å². The highest BCUT2D eigenvalue weighted by molar-refractivity contribution is 5.87. The Balaban J connectivity index is 2.69. The molecule has 0 aliphatic heterocycles. The molecule has 1 rings (SSSR count). The van der Waals surface area contributed by atoms with Crippen molar-refractivity contribution in [2.24, 2.45) is 0 Å². The number of aromatic nitrogens is 1. The fourth-order valence-electron chi connectivity index (χ4n) is 0.775. The first-order valence-corrected chi connectivity index (χ1v) is 3.77. The Morgan fingerprint density at radius 3 is 3.23 bits per heavy atom. The third kappa shape index (κ3) is 2.30. The van der Waals surface area contributed by atoms with Gasteiger partial charge < -0.3 is 9.26 Å². The summed E-state index contributed by atoms with van der Waals surface area (Å²) in [6, 6.07) is 3.29. The second kappa shape index (κ2) is 4.26. The monoisotopic (exact) mass is 180 g/mol. The third-order valence-corrected chi connectivity index (χ3v) is 1.30. The van der Waals surface area contributed by atoms with E-state index in [-0.39, 0.29) is 12.1 Å². The smallest absolute Gasteiger partial charge is 0.360 e. The van der Waals surface area contributed by atoms with E-state index < -0.39 is 5.97 Å². The molecule has 5 nitrogen and oxygen atoms in total. The molecule has 0 saturated heterocycles. The fraction of sp³-hybridized carbons (Fsp3) is 0.375. The average molecular weight is 180 g/mol. The van der Waals surface area contributed by atoms with Crippen molar-refractivity contribution >= 4 is 5.97 Å². The van der Waals surface area contributed by atoms with Crippen LogP contribution in [0.3, 0.4) is 0 Å². The van der Waals surface area contributed by atoms with E-state index in [9.17, 15) is 4.79 Å². The molecule has 68 valence electrons. The van der Waals surface area contributed by atoms with Crippen LogP contribution in [0.15, 0.2) is 10.6 Å². The number of esters is 1. The second-order valence-corrected chi connectivity index (χ2v) is 2.23. The molecule has 1 heterocycles. The maximum absolute atomic E-state index is 11.0. The van der Waals surface area contributed by atoms with Crippen molar-refractivity contribution in [3.05, 3.63) is 17.5 Å². The molecule has 0 spiro atoms. The molecule has 0 unspecified atom stereocenters. The minimum Gasteiger partial charge on any atom is -0.461 e. The van der Waals surface area contributed by atoms with E-state index in [2.05, 4.69) is 9.89 Å². The van der Waals surface area contributed by atoms with Gasteiger partial charge in [-0.2, -0.15) is 5.26 Å². The highest BCUT2D eigenvalue weighted by Gasteiger charge is 2.12. The standard InChI is InChI=1S/C8H8N2O3/c1-2-12-8(11)7-5-6(3-4-9)13-10-7/h5H,2-3H2,1H3. The van der Waals surface area contributed by atoms with E-state index in [1.165, 1.54) is 6.07 Å². The van der Waals surface area contributed by atoms with Crippen molar-refractivity contribution in [2.45, 2.75) is 13.3 Å². The molecule has 0 saturated carbocycles. The minimum absolute atomic E-state index is 0.104. The third-order valence-electron chi connectivity index (χ3n) is 1.30. The number of carbonyl (C=O) groups excluding carboxylic acids is 1. The molecule has 0 aliphatic carbocycles. The lowest BCUT2D eigenvalue weighted by atomic mass is 10.3. The number of hydrogen-bond acceptors (Lipinski definition) is 5. The van der Waals surface area contributed by atoms with E-state index in [0.29, 0.717) is 12.4 Å². The van der Waals surface area contributed by atoms with Crippen molar-refractivity contribution in [3.8, 4) is 6.07 Å². The summed E-state index contributed by atoms with van der Waals surface area (Å²) in [5.41, 5.74) is 0.104. The summed E-state index contributed by atoms with van der Waals surface area (Å²) in [4.78, 5) is 11.0. The zero-order valence-electron chi connectivity index (χ0n) is 7.11. The Bertz CT molecular complexity index is 337. The van der Waals surface area contributed by atoms with Crippen molar-refractivity contribution in [3.63, 3.8) is 0 Å². The van der Waals surface area contributed by atoms with Gasteiger partial charge in [0.2, 0.25) is 0 Å². The van der Waals surface area contributed by atoms with E-state index in [4.69, 9.17) is 9.78 Å². The van der Waals surface area contributed by atoms with Gasteiger partial charge in [-0.05, 0) is 6.92 Å². The topological polar surface area (TPSA) is 76.1 Å². The van der Waals surface area contributed by atoms with Gasteiger partial charge in [-0.15, -0.1) is 0 Å². The Morgan fingerprint density at radius 2 is 2.62 bits per heavy atom. The Morgan fingerprint density at radius 1 is 1.85 bits per heavy atom. The van der Waals surface area contributed by atoms with Crippen LogP contribution in [-0.2, 0) is 11.2 Å². The van der Waals surface area contributed by atoms with Crippen LogP contribution in [0.2, 0.25) is 0 Å². The molecule has 0 aliphatic rings. The van der Waals surface area contributed by atoms with Gasteiger partial charge in [0, 0.05) is 6.07 Å². The first-order valence-electron chi connectivity index (χ1n) is 3.77. The van der Waals surface area contributed by atoms with Crippen LogP contribution in [-0.4, -0.2) is 17.7 Å². The highest BCUT2D eigenvalue weighted by atomic mass is 16.5. The van der Waals surface area contributed by atoms with Gasteiger partial charge in [-0.25, -0.2) is 4.79 Å². The SMILES string of the molecule is CCOC(=O)c1cc(CC#N)on1. The highest BCUT2D eigenvalue weighted by Crippen LogP contribution is 2.05. The minimum atomic E-state index is -0.532. The van der Waals surface area contributed by atoms with Crippen LogP contribution in [0.4, 0.5) is 0 Å². The Labute approximate surface area is 74.9 Å². The van der Waals surface area contributed by atoms with E-state index in [1.807, 2.05) is 6.07 Å². The van der Waals surface area contributed by atoms with E-state index in [1.54, 1.807) is 6.92 Å². The van der Waals surface area contributed by atoms with Gasteiger partial charge in [-0.3, -0.25) is 0 Å². The van der Waals surface area contributed by atoms with Gasteiger partial charge in [0.25, 0.3) is 0 Å². The van der Waals surface area contributed by atoms with Gasteiger partial charge in [-0.1, -0.05) is 5.16 Å². The molecular formula is C8H8N2O3. The summed E-state index contributed by atoms with van der Waals surface area (Å²) in [6.07, 6.45) is 0.104. The molecule has 0 radical (unpaired) electrons. The predicted octanol–water partition coefficient (Wildman–Crippen LogP) is 0.917. The van der Waals surface area contributed by atoms with Crippen LogP contribution in [0, 0.1) is 11.3 Å². The molecule has 0 aromatic carbocycles. The lowest BCUT2D eigenvalue weighted by molar-refractivity contribution is 0.0514. The Hall–Kier alpha value is -1.83. The average Bonchev–Trinajstić information content (AvgIpc) is 2.54. The summed E-state index contributed by atoms with van der Waals surface area (Å²) >= 11 is 0. The van der Waals surface area contributed by atoms with E-state index in [0.717, 1.165) is 0 Å². The van der Waals surface area contributed by atoms with Crippen molar-refractivity contribution < 1.29 is 14.1 Å². The summed E-state index contributed by atoms with van der Waals surface area (Å²) in [5, 5.41) is 11.8. The molecule has 0 amide bonds. The molecule has 0 atom stereocenters. The molecule has 0 bridgehead atoms. The number of nitrogens with zero attached hydrogens (tertiary/aromatic N) is 2. The summed E-state index contributed by atoms with van der Waals surface area (Å²) in [7, 11) is 0. The molecular weight excluding hydrogens is 172 g/mol. The summed E-state index contributed by atoms with van der Waals surface area (Å²) in [5.74, 6) is -0.166. The lowest BCUT2D eigenvalue weighted by Crippen LogP contribution is -2.04. The number of ether oxygens (including phenoxy) is 1. The molecule has 5 heteroatoms. The second-order valence-electron chi connectivity index (χ2n) is 2.23. The number of rotatable bonds is 3. The largest absolute Gasteiger partial charge is 0.461 e. The molecule has 0 N–H and O–H groups in total. The molecule has 1 aromatic heterocycles. The number of carbonyl (C=O) groups is 1. The first-order chi connectivity index (χ1) is 6.27. The maximum Gasteiger partial charge on any atom is 0.360 e. The van der Waals surface area contributed by atoms with Gasteiger partial charge in [0.1, 0.15) is 0 Å². The number of hydrogen-bond donors (Lipinski definition) is 0. The molecule has 1 aromatic rings. The van der Waals surface area contributed by atoms with Crippen molar-refractivity contribution in [1.82, 2.24) is 5.16 Å². The van der Waals surface area contributed by atoms with Gasteiger partial charge in [0.15, 0.2) is 11.5 Å². The number of nitriles is 1. The molecule has 13 heavy (non-hydrogen) atoms. The van der Waals surface area contributed by atoms with E-state index >= 15 is 0 Å². The maximum atomic E-state index is 11.0. The predicted molar refractivity (Wildman–Crippen MR) is 41.8 cm³/mol. The van der Waals surface area contributed by atoms with Gasteiger partial charge in [0.05, 0.1) is 19.1 Å². The normalized spacial score (nSPS) is 9.23. The first kappa shape index (κ1) is 9.26. The molecule has 0 fully saturated rings. The van der Waals surface area contributed by atoms with Crippen molar-refractivity contribution in [2.75, 3.05) is 6.61 Å². The zero-order chi connectivity index (χ0) is 9.68. The van der Waals surface area contributed by atoms with Crippen LogP contribution in [0.1, 0.15) is 23.2 Å². The van der Waals surface area contributed by atoms with Crippen LogP contribution >= 0.6 is 0 Å².